The first-order chi connectivity index (χ1) is 14.5. The number of aryl methyl sites for hydroxylation is 4. The molecule has 5 aromatic rings. The van der Waals surface area contributed by atoms with E-state index in [4.69, 9.17) is 0 Å². The maximum Gasteiger partial charge on any atom is 0.125 e. The second-order valence-electron chi connectivity index (χ2n) is 7.70. The molecule has 0 saturated heterocycles. The smallest absolute Gasteiger partial charge is 0.125 e. The van der Waals surface area contributed by atoms with Crippen LogP contribution in [0.25, 0.3) is 39.2 Å². The van der Waals surface area contributed by atoms with E-state index in [9.17, 15) is 0 Å². The monoisotopic (exact) mass is 585 g/mol. The Morgan fingerprint density at radius 2 is 1.58 bits per heavy atom. The molecule has 157 valence electrons. The van der Waals surface area contributed by atoms with E-state index in [0.29, 0.717) is 0 Å². The Balaban J connectivity index is 0.00000231. The Morgan fingerprint density at radius 1 is 0.871 bits per heavy atom. The van der Waals surface area contributed by atoms with Gasteiger partial charge in [0.15, 0.2) is 0 Å². The molecular weight excluding hydrogens is 563 g/mol. The Hall–Kier alpha value is -3.08. The van der Waals surface area contributed by atoms with Crippen molar-refractivity contribution in [1.82, 2.24) is 24.3 Å². The Morgan fingerprint density at radius 3 is 2.29 bits per heavy atom. The molecule has 0 bridgehead atoms. The summed E-state index contributed by atoms with van der Waals surface area (Å²) in [5.74, 6) is 1.62. The number of fused-ring (bicyclic) bond motifs is 1. The van der Waals surface area contributed by atoms with Gasteiger partial charge in [0.1, 0.15) is 5.82 Å². The van der Waals surface area contributed by atoms with E-state index in [-0.39, 0.29) is 20.1 Å². The zero-order chi connectivity index (χ0) is 20.8. The molecule has 0 fully saturated rings. The summed E-state index contributed by atoms with van der Waals surface area (Å²) < 4.78 is 4.11. The third kappa shape index (κ3) is 3.62. The SMILES string of the molecule is Cc1cc(-c2ccccc2)cc(C)c1-n1c(C)nnc1-c1[c-]cc2c(c1)ncn2C.[Ir]. The molecule has 0 aliphatic heterocycles. The molecule has 0 unspecified atom stereocenters. The maximum absolute atomic E-state index is 4.49. The number of hydrogen-bond acceptors (Lipinski definition) is 3. The van der Waals surface area contributed by atoms with E-state index in [0.717, 1.165) is 33.9 Å². The van der Waals surface area contributed by atoms with Gasteiger partial charge in [0, 0.05) is 38.4 Å². The summed E-state index contributed by atoms with van der Waals surface area (Å²) in [6.07, 6.45) is 1.81. The van der Waals surface area contributed by atoms with Gasteiger partial charge in [-0.25, -0.2) is 0 Å². The van der Waals surface area contributed by atoms with Crippen LogP contribution < -0.4 is 0 Å². The molecule has 5 nitrogen and oxygen atoms in total. The van der Waals surface area contributed by atoms with Crippen molar-refractivity contribution in [3.63, 3.8) is 0 Å². The van der Waals surface area contributed by atoms with Crippen molar-refractivity contribution >= 4 is 11.0 Å². The first kappa shape index (κ1) is 21.2. The first-order valence-corrected chi connectivity index (χ1v) is 9.95. The fourth-order valence-electron chi connectivity index (χ4n) is 4.11. The molecule has 0 amide bonds. The van der Waals surface area contributed by atoms with Crippen LogP contribution in [0.2, 0.25) is 0 Å². The normalized spacial score (nSPS) is 11.0. The molecule has 2 heterocycles. The summed E-state index contributed by atoms with van der Waals surface area (Å²) in [4.78, 5) is 4.48. The fourth-order valence-corrected chi connectivity index (χ4v) is 4.11. The van der Waals surface area contributed by atoms with Gasteiger partial charge in [-0.2, -0.15) is 5.10 Å². The van der Waals surface area contributed by atoms with E-state index in [1.165, 1.54) is 22.3 Å². The molecule has 2 aromatic heterocycles. The van der Waals surface area contributed by atoms with Crippen molar-refractivity contribution in [3.05, 3.63) is 83.9 Å². The molecule has 0 atom stereocenters. The maximum atomic E-state index is 4.49. The number of nitrogens with zero attached hydrogens (tertiary/aromatic N) is 5. The van der Waals surface area contributed by atoms with Crippen LogP contribution in [-0.2, 0) is 27.2 Å². The second kappa shape index (κ2) is 8.22. The van der Waals surface area contributed by atoms with E-state index in [1.807, 2.05) is 43.1 Å². The van der Waals surface area contributed by atoms with E-state index < -0.39 is 0 Å². The summed E-state index contributed by atoms with van der Waals surface area (Å²) in [6, 6.07) is 22.3. The summed E-state index contributed by atoms with van der Waals surface area (Å²) in [5, 5.41) is 8.87. The minimum absolute atomic E-state index is 0. The summed E-state index contributed by atoms with van der Waals surface area (Å²) in [6.45, 7) is 6.27. The standard InChI is InChI=1S/C25H22N5.Ir/c1-16-12-21(19-8-6-5-7-9-19)13-17(2)24(16)30-18(3)27-28-25(30)20-10-11-23-22(14-20)26-15-29(23)4;/h5-9,11-15H,1-4H3;/q-1;. The Kier molecular flexibility index (Phi) is 5.61. The number of benzene rings is 3. The minimum Gasteiger partial charge on any atom is -0.373 e. The van der Waals surface area contributed by atoms with Crippen LogP contribution in [-0.4, -0.2) is 24.3 Å². The van der Waals surface area contributed by atoms with Crippen molar-refractivity contribution in [3.8, 4) is 28.2 Å². The van der Waals surface area contributed by atoms with Gasteiger partial charge in [-0.3, -0.25) is 4.98 Å². The number of aromatic nitrogens is 5. The van der Waals surface area contributed by atoms with Gasteiger partial charge < -0.3 is 9.13 Å². The van der Waals surface area contributed by atoms with Gasteiger partial charge in [0.25, 0.3) is 0 Å². The second-order valence-corrected chi connectivity index (χ2v) is 7.70. The van der Waals surface area contributed by atoms with Crippen molar-refractivity contribution in [2.45, 2.75) is 20.8 Å². The van der Waals surface area contributed by atoms with Gasteiger partial charge in [0.05, 0.1) is 12.2 Å². The molecule has 0 spiro atoms. The summed E-state index contributed by atoms with van der Waals surface area (Å²) in [5.41, 5.74) is 8.74. The third-order valence-corrected chi connectivity index (χ3v) is 5.55. The van der Waals surface area contributed by atoms with Crippen LogP contribution in [0.3, 0.4) is 0 Å². The van der Waals surface area contributed by atoms with E-state index in [1.54, 1.807) is 0 Å². The van der Waals surface area contributed by atoms with Crippen molar-refractivity contribution in [2.75, 3.05) is 0 Å². The van der Waals surface area contributed by atoms with Crippen LogP contribution in [0.4, 0.5) is 0 Å². The Bertz CT molecular complexity index is 1360. The predicted molar refractivity (Wildman–Crippen MR) is 120 cm³/mol. The van der Waals surface area contributed by atoms with Crippen LogP contribution in [0.5, 0.6) is 0 Å². The van der Waals surface area contributed by atoms with Gasteiger partial charge in [-0.15, -0.1) is 28.9 Å². The van der Waals surface area contributed by atoms with E-state index >= 15 is 0 Å². The molecule has 1 radical (unpaired) electrons. The van der Waals surface area contributed by atoms with Gasteiger partial charge in [0.2, 0.25) is 0 Å². The molecule has 5 rings (SSSR count). The van der Waals surface area contributed by atoms with Crippen LogP contribution in [0.15, 0.2) is 60.9 Å². The van der Waals surface area contributed by atoms with Crippen LogP contribution in [0, 0.1) is 26.8 Å². The fraction of sp³-hybridized carbons (Fsp3) is 0.160. The minimum atomic E-state index is 0. The molecule has 0 aliphatic carbocycles. The van der Waals surface area contributed by atoms with Gasteiger partial charge in [-0.1, -0.05) is 30.3 Å². The Labute approximate surface area is 195 Å². The number of rotatable bonds is 3. The molecule has 0 N–H and O–H groups in total. The largest absolute Gasteiger partial charge is 0.373 e. The molecule has 0 aliphatic rings. The average Bonchev–Trinajstić information content (AvgIpc) is 3.31. The topological polar surface area (TPSA) is 48.5 Å². The zero-order valence-electron chi connectivity index (χ0n) is 17.8. The van der Waals surface area contributed by atoms with Crippen molar-refractivity contribution in [1.29, 1.82) is 0 Å². The molecule has 6 heteroatoms. The summed E-state index contributed by atoms with van der Waals surface area (Å²) >= 11 is 0. The van der Waals surface area contributed by atoms with Crippen molar-refractivity contribution in [2.24, 2.45) is 7.05 Å². The summed E-state index contributed by atoms with van der Waals surface area (Å²) in [7, 11) is 1.98. The van der Waals surface area contributed by atoms with Crippen molar-refractivity contribution < 1.29 is 20.1 Å². The average molecular weight is 585 g/mol. The number of hydrogen-bond donors (Lipinski definition) is 0. The molecule has 3 aromatic carbocycles. The van der Waals surface area contributed by atoms with Gasteiger partial charge >= 0.3 is 0 Å². The van der Waals surface area contributed by atoms with Crippen LogP contribution in [0.1, 0.15) is 17.0 Å². The molecule has 31 heavy (non-hydrogen) atoms. The van der Waals surface area contributed by atoms with E-state index in [2.05, 4.69) is 76.1 Å². The molecular formula is C25H22IrN5-. The quantitative estimate of drug-likeness (QED) is 0.274. The number of imidazole rings is 1. The van der Waals surface area contributed by atoms with Crippen LogP contribution >= 0.6 is 0 Å². The predicted octanol–water partition coefficient (Wildman–Crippen LogP) is 5.21. The third-order valence-electron chi connectivity index (χ3n) is 5.55. The van der Waals surface area contributed by atoms with Gasteiger partial charge in [-0.05, 0) is 60.7 Å². The first-order valence-electron chi connectivity index (χ1n) is 9.95. The zero-order valence-corrected chi connectivity index (χ0v) is 20.2. The molecule has 0 saturated carbocycles.